The summed E-state index contributed by atoms with van der Waals surface area (Å²) in [5.41, 5.74) is 0.215. The summed E-state index contributed by atoms with van der Waals surface area (Å²) in [4.78, 5) is 51.5. The van der Waals surface area contributed by atoms with Gasteiger partial charge in [0.1, 0.15) is 5.82 Å². The zero-order chi connectivity index (χ0) is 21.4. The van der Waals surface area contributed by atoms with Crippen LogP contribution < -0.4 is 0 Å². The summed E-state index contributed by atoms with van der Waals surface area (Å²) in [5.74, 6) is -1.76. The Hall–Kier alpha value is -2.28. The second-order valence-corrected chi connectivity index (χ2v) is 8.67. The van der Waals surface area contributed by atoms with Crippen molar-refractivity contribution in [2.45, 2.75) is 38.2 Å². The first kappa shape index (κ1) is 21.0. The van der Waals surface area contributed by atoms with Gasteiger partial charge in [-0.25, -0.2) is 4.39 Å². The number of amides is 2. The molecule has 1 aromatic carbocycles. The van der Waals surface area contributed by atoms with Gasteiger partial charge in [0.2, 0.25) is 17.6 Å². The minimum absolute atomic E-state index is 0.0404. The fraction of sp³-hybridized carbons (Fsp3) is 0.545. The molecule has 8 heteroatoms. The number of fused-ring (bicyclic) bond motifs is 5. The zero-order valence-corrected chi connectivity index (χ0v) is 17.1. The molecular formula is C22H23ClFNO5. The van der Waals surface area contributed by atoms with Crippen LogP contribution in [0.1, 0.15) is 42.5 Å². The van der Waals surface area contributed by atoms with Crippen LogP contribution in [0, 0.1) is 29.5 Å². The largest absolute Gasteiger partial charge is 0.454 e. The highest BCUT2D eigenvalue weighted by atomic mass is 35.5. The molecule has 2 bridgehead atoms. The lowest BCUT2D eigenvalue weighted by Gasteiger charge is -2.19. The van der Waals surface area contributed by atoms with Gasteiger partial charge in [0.15, 0.2) is 6.10 Å². The van der Waals surface area contributed by atoms with E-state index in [4.69, 9.17) is 16.3 Å². The van der Waals surface area contributed by atoms with Crippen LogP contribution in [0.3, 0.4) is 0 Å². The number of Topliss-reactive ketones (excluding diaryl/α,β-unsaturated/α-hetero) is 1. The lowest BCUT2D eigenvalue weighted by molar-refractivity contribution is -0.148. The van der Waals surface area contributed by atoms with Gasteiger partial charge in [-0.3, -0.25) is 24.1 Å². The highest BCUT2D eigenvalue weighted by Crippen LogP contribution is 2.56. The Kier molecular flexibility index (Phi) is 5.91. The third-order valence-electron chi connectivity index (χ3n) is 6.62. The van der Waals surface area contributed by atoms with Gasteiger partial charge < -0.3 is 4.74 Å². The topological polar surface area (TPSA) is 80.8 Å². The number of ether oxygens (including phenoxy) is 1. The van der Waals surface area contributed by atoms with E-state index in [-0.39, 0.29) is 66.3 Å². The second kappa shape index (κ2) is 8.46. The van der Waals surface area contributed by atoms with Crippen LogP contribution in [-0.2, 0) is 19.1 Å². The summed E-state index contributed by atoms with van der Waals surface area (Å²) < 4.78 is 18.4. The summed E-state index contributed by atoms with van der Waals surface area (Å²) in [7, 11) is 0. The number of rotatable bonds is 8. The lowest BCUT2D eigenvalue weighted by Crippen LogP contribution is -2.36. The molecule has 160 valence electrons. The maximum atomic E-state index is 13.1. The Bertz CT molecular complexity index is 845. The first-order valence-corrected chi connectivity index (χ1v) is 10.8. The number of carbonyl (C=O) groups is 4. The van der Waals surface area contributed by atoms with Crippen molar-refractivity contribution < 1.29 is 28.3 Å². The number of carbonyl (C=O) groups excluding carboxylic acids is 4. The van der Waals surface area contributed by atoms with Crippen LogP contribution in [0.15, 0.2) is 24.3 Å². The Labute approximate surface area is 178 Å². The minimum atomic E-state index is -1.10. The number of benzene rings is 1. The first-order chi connectivity index (χ1) is 14.4. The molecule has 0 spiro atoms. The number of imide groups is 1. The number of ketones is 1. The molecule has 1 aliphatic heterocycles. The Morgan fingerprint density at radius 3 is 2.27 bits per heavy atom. The van der Waals surface area contributed by atoms with Gasteiger partial charge in [0.25, 0.3) is 0 Å². The molecular weight excluding hydrogens is 413 g/mol. The molecule has 0 aromatic heterocycles. The molecule has 1 saturated heterocycles. The monoisotopic (exact) mass is 435 g/mol. The minimum Gasteiger partial charge on any atom is -0.454 e. The number of nitrogens with zero attached hydrogens (tertiary/aromatic N) is 1. The quantitative estimate of drug-likeness (QED) is 0.271. The van der Waals surface area contributed by atoms with E-state index in [9.17, 15) is 23.6 Å². The molecule has 4 rings (SSSR count). The van der Waals surface area contributed by atoms with Crippen LogP contribution in [0.4, 0.5) is 4.39 Å². The van der Waals surface area contributed by atoms with E-state index in [0.29, 0.717) is 0 Å². The molecule has 3 aliphatic rings. The van der Waals surface area contributed by atoms with Crippen molar-refractivity contribution in [3.05, 3.63) is 35.6 Å². The number of alkyl halides is 1. The van der Waals surface area contributed by atoms with Crippen molar-refractivity contribution in [2.24, 2.45) is 23.7 Å². The van der Waals surface area contributed by atoms with Crippen molar-refractivity contribution in [1.82, 2.24) is 4.90 Å². The predicted octanol–water partition coefficient (Wildman–Crippen LogP) is 2.97. The molecule has 6 nitrogen and oxygen atoms in total. The molecule has 2 saturated carbocycles. The number of hydrogen-bond donors (Lipinski definition) is 0. The fourth-order valence-electron chi connectivity index (χ4n) is 5.25. The molecule has 0 unspecified atom stereocenters. The van der Waals surface area contributed by atoms with Crippen molar-refractivity contribution in [3.8, 4) is 0 Å². The van der Waals surface area contributed by atoms with E-state index < -0.39 is 23.7 Å². The molecule has 30 heavy (non-hydrogen) atoms. The smallest absolute Gasteiger partial charge is 0.308 e. The Morgan fingerprint density at radius 1 is 1.10 bits per heavy atom. The van der Waals surface area contributed by atoms with Crippen molar-refractivity contribution in [1.29, 1.82) is 0 Å². The molecule has 0 N–H and O–H groups in total. The third kappa shape index (κ3) is 3.75. The van der Waals surface area contributed by atoms with E-state index >= 15 is 0 Å². The van der Waals surface area contributed by atoms with Crippen LogP contribution in [0.2, 0.25) is 0 Å². The maximum absolute atomic E-state index is 13.1. The lowest BCUT2D eigenvalue weighted by atomic mass is 9.81. The molecule has 1 aromatic rings. The van der Waals surface area contributed by atoms with Gasteiger partial charge in [-0.2, -0.15) is 0 Å². The standard InChI is InChI=1S/C22H23ClFNO5/c23-9-7-16(20(27)12-3-5-15(24)6-4-12)30-17(26)8-10-25-21(28)18-13-1-2-14(11-13)19(18)22(25)29/h3-6,13-14,16,18-19H,1-2,7-11H2/t13-,14-,16+,18-,19+/m0/s1. The summed E-state index contributed by atoms with van der Waals surface area (Å²) in [5, 5.41) is 0. The van der Waals surface area contributed by atoms with E-state index in [2.05, 4.69) is 0 Å². The summed E-state index contributed by atoms with van der Waals surface area (Å²) in [6.07, 6.45) is 1.77. The van der Waals surface area contributed by atoms with E-state index in [1.165, 1.54) is 17.0 Å². The Morgan fingerprint density at radius 2 is 1.70 bits per heavy atom. The normalized spacial score (nSPS) is 28.0. The summed E-state index contributed by atoms with van der Waals surface area (Å²) in [6.45, 7) is -0.0404. The number of likely N-dealkylation sites (tertiary alicyclic amines) is 1. The summed E-state index contributed by atoms with van der Waals surface area (Å²) >= 11 is 5.74. The Balaban J connectivity index is 1.35. The van der Waals surface area contributed by atoms with Crippen molar-refractivity contribution in [2.75, 3.05) is 12.4 Å². The summed E-state index contributed by atoms with van der Waals surface area (Å²) in [6, 6.07) is 4.95. The van der Waals surface area contributed by atoms with Crippen molar-refractivity contribution >= 4 is 35.2 Å². The van der Waals surface area contributed by atoms with Crippen LogP contribution in [0.5, 0.6) is 0 Å². The molecule has 3 fully saturated rings. The van der Waals surface area contributed by atoms with Gasteiger partial charge >= 0.3 is 5.97 Å². The molecule has 1 heterocycles. The first-order valence-electron chi connectivity index (χ1n) is 10.3. The third-order valence-corrected chi connectivity index (χ3v) is 6.84. The van der Waals surface area contributed by atoms with Crippen LogP contribution in [-0.4, -0.2) is 47.0 Å². The van der Waals surface area contributed by atoms with Gasteiger partial charge in [0.05, 0.1) is 18.3 Å². The molecule has 2 aliphatic carbocycles. The molecule has 5 atom stereocenters. The van der Waals surface area contributed by atoms with Gasteiger partial charge in [-0.1, -0.05) is 0 Å². The predicted molar refractivity (Wildman–Crippen MR) is 105 cm³/mol. The van der Waals surface area contributed by atoms with E-state index in [1.54, 1.807) is 0 Å². The molecule has 2 amide bonds. The average Bonchev–Trinajstić information content (AvgIpc) is 3.40. The van der Waals surface area contributed by atoms with E-state index in [1.807, 2.05) is 0 Å². The average molecular weight is 436 g/mol. The zero-order valence-electron chi connectivity index (χ0n) is 16.4. The maximum Gasteiger partial charge on any atom is 0.308 e. The van der Waals surface area contributed by atoms with Gasteiger partial charge in [-0.15, -0.1) is 11.6 Å². The van der Waals surface area contributed by atoms with Gasteiger partial charge in [-0.05, 0) is 55.4 Å². The number of halogens is 2. The van der Waals surface area contributed by atoms with Crippen molar-refractivity contribution in [3.63, 3.8) is 0 Å². The SMILES string of the molecule is O=C(CCN1C(=O)[C@@H]2[C@H]3CC[C@@H](C3)[C@@H]2C1=O)O[C@H](CCCl)C(=O)c1ccc(F)cc1. The second-order valence-electron chi connectivity index (χ2n) is 8.29. The highest BCUT2D eigenvalue weighted by molar-refractivity contribution is 6.18. The van der Waals surface area contributed by atoms with Gasteiger partial charge in [0, 0.05) is 24.4 Å². The highest BCUT2D eigenvalue weighted by Gasteiger charge is 2.60. The number of hydrogen-bond acceptors (Lipinski definition) is 5. The fourth-order valence-corrected chi connectivity index (χ4v) is 5.45. The number of esters is 1. The van der Waals surface area contributed by atoms with Crippen LogP contribution in [0.25, 0.3) is 0 Å². The molecule has 0 radical (unpaired) electrons. The van der Waals surface area contributed by atoms with Crippen LogP contribution >= 0.6 is 11.6 Å². The van der Waals surface area contributed by atoms with E-state index in [0.717, 1.165) is 31.4 Å².